The molecule has 0 spiro atoms. The van der Waals surface area contributed by atoms with Gasteiger partial charge in [0.15, 0.2) is 11.5 Å². The zero-order valence-corrected chi connectivity index (χ0v) is 13.2. The van der Waals surface area contributed by atoms with Crippen molar-refractivity contribution in [2.75, 3.05) is 13.2 Å². The third-order valence-electron chi connectivity index (χ3n) is 4.21. The highest BCUT2D eigenvalue weighted by Crippen LogP contribution is 2.38. The zero-order chi connectivity index (χ0) is 15.5. The van der Waals surface area contributed by atoms with Crippen LogP contribution in [0.2, 0.25) is 5.02 Å². The number of nitrogens with two attached hydrogens (primary N) is 1. The molecule has 2 unspecified atom stereocenters. The molecule has 2 atom stereocenters. The van der Waals surface area contributed by atoms with Crippen LogP contribution in [-0.4, -0.2) is 25.2 Å². The highest BCUT2D eigenvalue weighted by molar-refractivity contribution is 6.32. The van der Waals surface area contributed by atoms with E-state index in [1.165, 1.54) is 0 Å². The van der Waals surface area contributed by atoms with Crippen LogP contribution >= 0.6 is 11.6 Å². The molecular weight excluding hydrogens is 304 g/mol. The van der Waals surface area contributed by atoms with Crippen molar-refractivity contribution >= 4 is 17.5 Å². The molecule has 3 N–H and O–H groups in total. The van der Waals surface area contributed by atoms with Gasteiger partial charge in [0.2, 0.25) is 5.91 Å². The van der Waals surface area contributed by atoms with Gasteiger partial charge in [0.1, 0.15) is 13.2 Å². The number of fused-ring (bicyclic) bond motifs is 1. The fraction of sp³-hybridized carbons (Fsp3) is 0.562. The number of rotatable bonds is 3. The van der Waals surface area contributed by atoms with E-state index >= 15 is 0 Å². The molecule has 0 saturated heterocycles. The van der Waals surface area contributed by atoms with E-state index in [0.717, 1.165) is 31.2 Å². The Morgan fingerprint density at radius 2 is 2.14 bits per heavy atom. The van der Waals surface area contributed by atoms with E-state index in [-0.39, 0.29) is 17.9 Å². The van der Waals surface area contributed by atoms with Gasteiger partial charge >= 0.3 is 0 Å². The fourth-order valence-corrected chi connectivity index (χ4v) is 3.35. The number of amides is 1. The molecule has 0 bridgehead atoms. The molecule has 1 aromatic carbocycles. The number of halogens is 1. The van der Waals surface area contributed by atoms with E-state index in [1.54, 1.807) is 0 Å². The molecule has 6 heteroatoms. The van der Waals surface area contributed by atoms with Crippen LogP contribution in [0.4, 0.5) is 0 Å². The first-order valence-electron chi connectivity index (χ1n) is 7.75. The van der Waals surface area contributed by atoms with Crippen LogP contribution in [-0.2, 0) is 11.3 Å². The van der Waals surface area contributed by atoms with Crippen LogP contribution in [0, 0.1) is 5.92 Å². The number of carbonyl (C=O) groups is 1. The van der Waals surface area contributed by atoms with Gasteiger partial charge in [-0.15, -0.1) is 0 Å². The molecule has 1 aliphatic heterocycles. The maximum atomic E-state index is 12.2. The number of hydrogen-bond acceptors (Lipinski definition) is 4. The van der Waals surface area contributed by atoms with Crippen molar-refractivity contribution in [1.29, 1.82) is 0 Å². The van der Waals surface area contributed by atoms with Crippen LogP contribution in [0.25, 0.3) is 0 Å². The van der Waals surface area contributed by atoms with Gasteiger partial charge < -0.3 is 20.5 Å². The molecule has 5 nitrogen and oxygen atoms in total. The Morgan fingerprint density at radius 1 is 1.32 bits per heavy atom. The van der Waals surface area contributed by atoms with Gasteiger partial charge in [0, 0.05) is 18.5 Å². The lowest BCUT2D eigenvalue weighted by molar-refractivity contribution is -0.126. The molecule has 1 aliphatic carbocycles. The van der Waals surface area contributed by atoms with Crippen LogP contribution < -0.4 is 20.5 Å². The summed E-state index contributed by atoms with van der Waals surface area (Å²) in [4.78, 5) is 12.2. The topological polar surface area (TPSA) is 73.6 Å². The molecule has 1 amide bonds. The summed E-state index contributed by atoms with van der Waals surface area (Å²) in [5.74, 6) is 1.32. The summed E-state index contributed by atoms with van der Waals surface area (Å²) in [5, 5.41) is 3.49. The van der Waals surface area contributed by atoms with Crippen molar-refractivity contribution in [3.8, 4) is 11.5 Å². The van der Waals surface area contributed by atoms with Gasteiger partial charge in [-0.3, -0.25) is 4.79 Å². The Balaban J connectivity index is 1.61. The molecule has 0 radical (unpaired) electrons. The first kappa shape index (κ1) is 15.4. The Morgan fingerprint density at radius 3 is 2.95 bits per heavy atom. The summed E-state index contributed by atoms with van der Waals surface area (Å²) in [6, 6.07) is 3.82. The number of hydrogen-bond donors (Lipinski definition) is 2. The molecule has 3 rings (SSSR count). The predicted molar refractivity (Wildman–Crippen MR) is 84.2 cm³/mol. The molecule has 1 aromatic rings. The number of benzene rings is 1. The minimum atomic E-state index is 0.0245. The highest BCUT2D eigenvalue weighted by Gasteiger charge is 2.25. The summed E-state index contributed by atoms with van der Waals surface area (Å²) < 4.78 is 11.0. The van der Waals surface area contributed by atoms with Crippen LogP contribution in [0.3, 0.4) is 0 Å². The maximum absolute atomic E-state index is 12.2. The second kappa shape index (κ2) is 6.75. The molecule has 120 valence electrons. The summed E-state index contributed by atoms with van der Waals surface area (Å²) in [5.41, 5.74) is 6.84. The summed E-state index contributed by atoms with van der Waals surface area (Å²) in [6.07, 6.45) is 3.73. The highest BCUT2D eigenvalue weighted by atomic mass is 35.5. The third kappa shape index (κ3) is 3.47. The van der Waals surface area contributed by atoms with E-state index < -0.39 is 0 Å². The molecule has 2 aliphatic rings. The second-order valence-electron chi connectivity index (χ2n) is 5.94. The van der Waals surface area contributed by atoms with Crippen molar-refractivity contribution in [3.63, 3.8) is 0 Å². The summed E-state index contributed by atoms with van der Waals surface area (Å²) in [7, 11) is 0. The van der Waals surface area contributed by atoms with Gasteiger partial charge in [0.05, 0.1) is 5.02 Å². The van der Waals surface area contributed by atoms with Crippen molar-refractivity contribution in [2.45, 2.75) is 38.3 Å². The van der Waals surface area contributed by atoms with Crippen LogP contribution in [0.15, 0.2) is 12.1 Å². The van der Waals surface area contributed by atoms with Crippen molar-refractivity contribution < 1.29 is 14.3 Å². The van der Waals surface area contributed by atoms with E-state index in [9.17, 15) is 4.79 Å². The average Bonchev–Trinajstić information content (AvgIpc) is 2.53. The Kier molecular flexibility index (Phi) is 4.74. The van der Waals surface area contributed by atoms with Gasteiger partial charge in [0.25, 0.3) is 0 Å². The Bertz CT molecular complexity index is 565. The van der Waals surface area contributed by atoms with E-state index in [0.29, 0.717) is 36.3 Å². The standard InChI is InChI=1S/C16H21ClN2O3/c17-13-6-10(7-14-15(13)22-5-4-21-14)9-19-16(20)11-2-1-3-12(18)8-11/h6-7,11-12H,1-5,8-9,18H2,(H,19,20). The van der Waals surface area contributed by atoms with Crippen LogP contribution in [0.1, 0.15) is 31.2 Å². The first-order valence-corrected chi connectivity index (χ1v) is 8.12. The van der Waals surface area contributed by atoms with E-state index in [4.69, 9.17) is 26.8 Å². The second-order valence-corrected chi connectivity index (χ2v) is 6.35. The first-order chi connectivity index (χ1) is 10.6. The van der Waals surface area contributed by atoms with E-state index in [2.05, 4.69) is 5.32 Å². The molecule has 22 heavy (non-hydrogen) atoms. The minimum absolute atomic E-state index is 0.0245. The van der Waals surface area contributed by atoms with Crippen LogP contribution in [0.5, 0.6) is 11.5 Å². The monoisotopic (exact) mass is 324 g/mol. The Labute approximate surface area is 135 Å². The minimum Gasteiger partial charge on any atom is -0.486 e. The van der Waals surface area contributed by atoms with Gasteiger partial charge in [-0.05, 0) is 37.0 Å². The zero-order valence-electron chi connectivity index (χ0n) is 12.4. The maximum Gasteiger partial charge on any atom is 0.223 e. The average molecular weight is 325 g/mol. The number of ether oxygens (including phenoxy) is 2. The van der Waals surface area contributed by atoms with Gasteiger partial charge in [-0.2, -0.15) is 0 Å². The number of carbonyl (C=O) groups excluding carboxylic acids is 1. The third-order valence-corrected chi connectivity index (χ3v) is 4.49. The lowest BCUT2D eigenvalue weighted by Gasteiger charge is -2.25. The lowest BCUT2D eigenvalue weighted by atomic mass is 9.85. The predicted octanol–water partition coefficient (Wildman–Crippen LogP) is 2.24. The molecular formula is C16H21ClN2O3. The summed E-state index contributed by atoms with van der Waals surface area (Å²) in [6.45, 7) is 1.45. The molecule has 1 heterocycles. The normalized spacial score (nSPS) is 23.9. The molecule has 1 saturated carbocycles. The smallest absolute Gasteiger partial charge is 0.223 e. The van der Waals surface area contributed by atoms with Gasteiger partial charge in [-0.25, -0.2) is 0 Å². The molecule has 0 aromatic heterocycles. The lowest BCUT2D eigenvalue weighted by Crippen LogP contribution is -2.37. The van der Waals surface area contributed by atoms with E-state index in [1.807, 2.05) is 12.1 Å². The Hall–Kier alpha value is -1.46. The van der Waals surface area contributed by atoms with Crippen molar-refractivity contribution in [2.24, 2.45) is 11.7 Å². The quantitative estimate of drug-likeness (QED) is 0.894. The van der Waals surface area contributed by atoms with Gasteiger partial charge in [-0.1, -0.05) is 18.0 Å². The molecule has 1 fully saturated rings. The number of nitrogens with one attached hydrogen (secondary N) is 1. The fourth-order valence-electron chi connectivity index (χ4n) is 3.07. The summed E-state index contributed by atoms with van der Waals surface area (Å²) >= 11 is 6.20. The van der Waals surface area contributed by atoms with Crippen molar-refractivity contribution in [3.05, 3.63) is 22.7 Å². The largest absolute Gasteiger partial charge is 0.486 e. The SMILES string of the molecule is NC1CCCC(C(=O)NCc2cc(Cl)c3c(c2)OCCO3)C1. The van der Waals surface area contributed by atoms with Crippen molar-refractivity contribution in [1.82, 2.24) is 5.32 Å².